The topological polar surface area (TPSA) is 0 Å². The van der Waals surface area contributed by atoms with E-state index < -0.39 is 0 Å². The van der Waals surface area contributed by atoms with Gasteiger partial charge in [0, 0.05) is 0 Å². The Kier molecular flexibility index (Phi) is 5.28. The van der Waals surface area contributed by atoms with Gasteiger partial charge in [0.05, 0.1) is 0 Å². The van der Waals surface area contributed by atoms with E-state index in [1.165, 1.54) is 7.22 Å². The standard InChI is InChI=1S/C14H10Te2/c1-3-7-13(8-4-1)15-11-12-16-14-9-5-2-6-10-14/h1-10H. The fourth-order valence-electron chi connectivity index (χ4n) is 1.14. The van der Waals surface area contributed by atoms with Gasteiger partial charge in [0.1, 0.15) is 0 Å². The van der Waals surface area contributed by atoms with Gasteiger partial charge in [-0.2, -0.15) is 0 Å². The minimum absolute atomic E-state index is 0.277. The van der Waals surface area contributed by atoms with Gasteiger partial charge in [0.2, 0.25) is 0 Å². The number of hydrogen-bond donors (Lipinski definition) is 0. The van der Waals surface area contributed by atoms with Crippen molar-refractivity contribution < 1.29 is 0 Å². The van der Waals surface area contributed by atoms with Crippen molar-refractivity contribution in [1.82, 2.24) is 0 Å². The van der Waals surface area contributed by atoms with Crippen LogP contribution in [-0.4, -0.2) is 41.8 Å². The SMILES string of the molecule is C(#C[Te]c1ccccc1)[Te]c1ccccc1. The Balaban J connectivity index is 1.88. The molecule has 2 heteroatoms. The van der Waals surface area contributed by atoms with E-state index in [0.717, 1.165) is 0 Å². The maximum absolute atomic E-state index is 3.39. The van der Waals surface area contributed by atoms with E-state index in [1.807, 2.05) is 0 Å². The first kappa shape index (κ1) is 12.0. The Labute approximate surface area is 117 Å². The summed E-state index contributed by atoms with van der Waals surface area (Å²) in [6.07, 6.45) is 0. The molecule has 2 rings (SSSR count). The van der Waals surface area contributed by atoms with Crippen LogP contribution < -0.4 is 7.22 Å². The molecule has 0 radical (unpaired) electrons. The molecule has 0 aliphatic heterocycles. The average molecular weight is 433 g/mol. The van der Waals surface area contributed by atoms with Crippen molar-refractivity contribution >= 4 is 49.1 Å². The van der Waals surface area contributed by atoms with Crippen LogP contribution in [0.5, 0.6) is 0 Å². The van der Waals surface area contributed by atoms with Crippen LogP contribution in [0.1, 0.15) is 0 Å². The maximum atomic E-state index is 3.39. The number of benzene rings is 2. The number of rotatable bonds is 2. The van der Waals surface area contributed by atoms with Crippen LogP contribution in [0.3, 0.4) is 0 Å². The summed E-state index contributed by atoms with van der Waals surface area (Å²) >= 11 is -0.554. The zero-order valence-electron chi connectivity index (χ0n) is 8.59. The molecule has 0 saturated heterocycles. The van der Waals surface area contributed by atoms with Crippen LogP contribution in [0, 0.1) is 7.94 Å². The van der Waals surface area contributed by atoms with Gasteiger partial charge >= 0.3 is 118 Å². The van der Waals surface area contributed by atoms with Crippen molar-refractivity contribution in [3.8, 4) is 7.94 Å². The molecule has 0 bridgehead atoms. The van der Waals surface area contributed by atoms with Gasteiger partial charge in [0.15, 0.2) is 0 Å². The summed E-state index contributed by atoms with van der Waals surface area (Å²) in [5.74, 6) is 0. The van der Waals surface area contributed by atoms with E-state index >= 15 is 0 Å². The molecule has 0 nitrogen and oxygen atoms in total. The Morgan fingerprint density at radius 3 is 1.31 bits per heavy atom. The van der Waals surface area contributed by atoms with E-state index in [4.69, 9.17) is 0 Å². The van der Waals surface area contributed by atoms with Crippen molar-refractivity contribution in [2.75, 3.05) is 0 Å². The van der Waals surface area contributed by atoms with Gasteiger partial charge in [-0.1, -0.05) is 0 Å². The molecule has 0 fully saturated rings. The second-order valence-electron chi connectivity index (χ2n) is 3.03. The van der Waals surface area contributed by atoms with Crippen LogP contribution in [-0.2, 0) is 0 Å². The van der Waals surface area contributed by atoms with E-state index in [2.05, 4.69) is 68.6 Å². The molecule has 0 heterocycles. The van der Waals surface area contributed by atoms with E-state index in [-0.39, 0.29) is 41.8 Å². The van der Waals surface area contributed by atoms with Gasteiger partial charge < -0.3 is 0 Å². The molecule has 2 aromatic rings. The summed E-state index contributed by atoms with van der Waals surface area (Å²) in [4.78, 5) is 0. The third-order valence-electron chi connectivity index (χ3n) is 1.87. The molecule has 0 unspecified atom stereocenters. The number of hydrogen-bond acceptors (Lipinski definition) is 0. The predicted octanol–water partition coefficient (Wildman–Crippen LogP) is 0.964. The normalized spacial score (nSPS) is 9.25. The summed E-state index contributed by atoms with van der Waals surface area (Å²) in [6, 6.07) is 21.2. The fourth-order valence-corrected chi connectivity index (χ4v) is 5.32. The molecule has 16 heavy (non-hydrogen) atoms. The molecule has 0 atom stereocenters. The molecule has 2 aromatic carbocycles. The molecular weight excluding hydrogens is 423 g/mol. The van der Waals surface area contributed by atoms with Gasteiger partial charge in [-0.3, -0.25) is 0 Å². The molecule has 0 amide bonds. The fraction of sp³-hybridized carbons (Fsp3) is 0. The zero-order chi connectivity index (χ0) is 11.1. The van der Waals surface area contributed by atoms with Crippen molar-refractivity contribution in [3.05, 3.63) is 60.7 Å². The molecule has 0 aliphatic rings. The predicted molar refractivity (Wildman–Crippen MR) is 71.4 cm³/mol. The van der Waals surface area contributed by atoms with Crippen LogP contribution in [0.25, 0.3) is 0 Å². The first-order valence-electron chi connectivity index (χ1n) is 4.89. The van der Waals surface area contributed by atoms with Crippen LogP contribution in [0.15, 0.2) is 60.7 Å². The van der Waals surface area contributed by atoms with E-state index in [9.17, 15) is 0 Å². The monoisotopic (exact) mass is 438 g/mol. The van der Waals surface area contributed by atoms with Crippen LogP contribution in [0.4, 0.5) is 0 Å². The Morgan fingerprint density at radius 2 is 0.938 bits per heavy atom. The second-order valence-corrected chi connectivity index (χ2v) is 8.06. The van der Waals surface area contributed by atoms with Crippen molar-refractivity contribution in [2.24, 2.45) is 0 Å². The van der Waals surface area contributed by atoms with Crippen molar-refractivity contribution in [2.45, 2.75) is 0 Å². The van der Waals surface area contributed by atoms with Crippen molar-refractivity contribution in [1.29, 1.82) is 0 Å². The Bertz CT molecular complexity index is 435. The van der Waals surface area contributed by atoms with E-state index in [1.54, 1.807) is 0 Å². The summed E-state index contributed by atoms with van der Waals surface area (Å²) in [7, 11) is 0. The Morgan fingerprint density at radius 1 is 0.562 bits per heavy atom. The average Bonchev–Trinajstić information content (AvgIpc) is 2.37. The zero-order valence-corrected chi connectivity index (χ0v) is 13.3. The third kappa shape index (κ3) is 4.21. The second kappa shape index (κ2) is 7.01. The molecule has 0 spiro atoms. The quantitative estimate of drug-likeness (QED) is 0.489. The van der Waals surface area contributed by atoms with Gasteiger partial charge in [-0.15, -0.1) is 0 Å². The van der Waals surface area contributed by atoms with Crippen LogP contribution in [0.2, 0.25) is 0 Å². The van der Waals surface area contributed by atoms with Gasteiger partial charge in [-0.25, -0.2) is 0 Å². The molecule has 0 N–H and O–H groups in total. The summed E-state index contributed by atoms with van der Waals surface area (Å²) in [5, 5.41) is 0. The first-order chi connectivity index (χ1) is 7.95. The molecule has 0 aliphatic carbocycles. The summed E-state index contributed by atoms with van der Waals surface area (Å²) in [5.41, 5.74) is 0. The molecular formula is C14H10Te2. The van der Waals surface area contributed by atoms with Gasteiger partial charge in [0.25, 0.3) is 0 Å². The molecule has 0 saturated carbocycles. The first-order valence-corrected chi connectivity index (χ1v) is 9.55. The minimum atomic E-state index is -0.277. The Hall–Kier alpha value is -0.421. The van der Waals surface area contributed by atoms with Crippen molar-refractivity contribution in [3.63, 3.8) is 0 Å². The summed E-state index contributed by atoms with van der Waals surface area (Å²) in [6.45, 7) is 0. The summed E-state index contributed by atoms with van der Waals surface area (Å²) < 4.78 is 9.64. The van der Waals surface area contributed by atoms with Crippen LogP contribution >= 0.6 is 0 Å². The molecule has 0 aromatic heterocycles. The molecule has 78 valence electrons. The van der Waals surface area contributed by atoms with Gasteiger partial charge in [-0.05, 0) is 0 Å². The third-order valence-corrected chi connectivity index (χ3v) is 7.18. The van der Waals surface area contributed by atoms with E-state index in [0.29, 0.717) is 0 Å².